The molecule has 2 fully saturated rings. The molecule has 6 nitrogen and oxygen atoms in total. The first kappa shape index (κ1) is 27.5. The number of hydrogen-bond donors (Lipinski definition) is 1. The van der Waals surface area contributed by atoms with Crippen LogP contribution in [0.3, 0.4) is 0 Å². The molecule has 2 aliphatic carbocycles. The van der Waals surface area contributed by atoms with Crippen molar-refractivity contribution in [1.82, 2.24) is 5.32 Å². The maximum atomic E-state index is 13.2. The number of carbonyl (C=O) groups excluding carboxylic acids is 1. The zero-order chi connectivity index (χ0) is 28.1. The SMILES string of the molecule is COc1cccc(CCCC(=O)NC2CC3(CCC3)Oc3cc(OCc4ccccc4)ccc32)c1OC1CCCC1. The number of fused-ring (bicyclic) bond motifs is 1. The highest BCUT2D eigenvalue weighted by molar-refractivity contribution is 5.76. The van der Waals surface area contributed by atoms with Crippen LogP contribution < -0.4 is 24.3 Å². The van der Waals surface area contributed by atoms with Crippen LogP contribution in [0.1, 0.15) is 86.9 Å². The molecule has 1 N–H and O–H groups in total. The van der Waals surface area contributed by atoms with Gasteiger partial charge in [-0.1, -0.05) is 42.5 Å². The number of ether oxygens (including phenoxy) is 4. The first-order chi connectivity index (χ1) is 20.1. The van der Waals surface area contributed by atoms with Gasteiger partial charge in [-0.25, -0.2) is 0 Å². The Morgan fingerprint density at radius 1 is 1.00 bits per heavy atom. The van der Waals surface area contributed by atoms with E-state index in [1.807, 2.05) is 42.5 Å². The van der Waals surface area contributed by atoms with Crippen molar-refractivity contribution in [3.05, 3.63) is 83.4 Å². The lowest BCUT2D eigenvalue weighted by Gasteiger charge is -2.48. The molecule has 3 aliphatic rings. The highest BCUT2D eigenvalue weighted by atomic mass is 16.5. The number of amides is 1. The van der Waals surface area contributed by atoms with Crippen LogP contribution in [0.5, 0.6) is 23.0 Å². The number of rotatable bonds is 11. The summed E-state index contributed by atoms with van der Waals surface area (Å²) in [7, 11) is 1.69. The Kier molecular flexibility index (Phi) is 8.36. The maximum Gasteiger partial charge on any atom is 0.220 e. The molecule has 1 amide bonds. The Hall–Kier alpha value is -3.67. The Morgan fingerprint density at radius 2 is 1.83 bits per heavy atom. The fraction of sp³-hybridized carbons (Fsp3) is 0.457. The van der Waals surface area contributed by atoms with Gasteiger partial charge < -0.3 is 24.3 Å². The quantitative estimate of drug-likeness (QED) is 0.266. The van der Waals surface area contributed by atoms with Gasteiger partial charge in [0.1, 0.15) is 23.7 Å². The van der Waals surface area contributed by atoms with Crippen LogP contribution in [0.15, 0.2) is 66.7 Å². The van der Waals surface area contributed by atoms with Crippen molar-refractivity contribution >= 4 is 5.91 Å². The van der Waals surface area contributed by atoms with Crippen molar-refractivity contribution < 1.29 is 23.7 Å². The van der Waals surface area contributed by atoms with E-state index >= 15 is 0 Å². The molecule has 1 atom stereocenters. The Balaban J connectivity index is 1.08. The van der Waals surface area contributed by atoms with Crippen molar-refractivity contribution in [2.75, 3.05) is 7.11 Å². The van der Waals surface area contributed by atoms with Gasteiger partial charge in [-0.15, -0.1) is 0 Å². The van der Waals surface area contributed by atoms with E-state index in [4.69, 9.17) is 18.9 Å². The predicted molar refractivity (Wildman–Crippen MR) is 159 cm³/mol. The number of nitrogens with one attached hydrogen (secondary N) is 1. The van der Waals surface area contributed by atoms with Crippen molar-refractivity contribution in [2.24, 2.45) is 0 Å². The third-order valence-electron chi connectivity index (χ3n) is 8.83. The van der Waals surface area contributed by atoms with Gasteiger partial charge in [-0.2, -0.15) is 0 Å². The van der Waals surface area contributed by atoms with Crippen LogP contribution >= 0.6 is 0 Å². The number of hydrogen-bond acceptors (Lipinski definition) is 5. The Morgan fingerprint density at radius 3 is 2.59 bits per heavy atom. The second-order valence-electron chi connectivity index (χ2n) is 11.8. The second-order valence-corrected chi connectivity index (χ2v) is 11.8. The molecule has 3 aromatic rings. The molecule has 6 heteroatoms. The molecule has 3 aromatic carbocycles. The Labute approximate surface area is 243 Å². The summed E-state index contributed by atoms with van der Waals surface area (Å²) >= 11 is 0. The molecule has 1 spiro atoms. The van der Waals surface area contributed by atoms with E-state index in [9.17, 15) is 4.79 Å². The summed E-state index contributed by atoms with van der Waals surface area (Å²) in [6, 6.07) is 22.2. The molecule has 0 bridgehead atoms. The fourth-order valence-corrected chi connectivity index (χ4v) is 6.42. The lowest BCUT2D eigenvalue weighted by atomic mass is 9.73. The molecule has 6 rings (SSSR count). The average Bonchev–Trinajstić information content (AvgIpc) is 3.49. The molecule has 2 saturated carbocycles. The molecular weight excluding hydrogens is 514 g/mol. The van der Waals surface area contributed by atoms with E-state index in [-0.39, 0.29) is 23.7 Å². The molecule has 1 aliphatic heterocycles. The molecule has 216 valence electrons. The van der Waals surface area contributed by atoms with E-state index in [1.165, 1.54) is 12.8 Å². The average molecular weight is 556 g/mol. The van der Waals surface area contributed by atoms with Gasteiger partial charge in [0.25, 0.3) is 0 Å². The predicted octanol–water partition coefficient (Wildman–Crippen LogP) is 7.48. The molecule has 41 heavy (non-hydrogen) atoms. The summed E-state index contributed by atoms with van der Waals surface area (Å²) in [5.41, 5.74) is 3.08. The topological polar surface area (TPSA) is 66.0 Å². The van der Waals surface area contributed by atoms with Crippen molar-refractivity contribution in [3.8, 4) is 23.0 Å². The lowest BCUT2D eigenvalue weighted by molar-refractivity contribution is -0.123. The minimum atomic E-state index is -0.184. The first-order valence-corrected chi connectivity index (χ1v) is 15.2. The van der Waals surface area contributed by atoms with Crippen LogP contribution in [0.25, 0.3) is 0 Å². The van der Waals surface area contributed by atoms with E-state index in [0.29, 0.717) is 13.0 Å². The normalized spacial score (nSPS) is 19.1. The zero-order valence-electron chi connectivity index (χ0n) is 24.0. The van der Waals surface area contributed by atoms with Crippen LogP contribution in [0.2, 0.25) is 0 Å². The van der Waals surface area contributed by atoms with E-state index in [2.05, 4.69) is 29.6 Å². The lowest BCUT2D eigenvalue weighted by Crippen LogP contribution is -2.49. The van der Waals surface area contributed by atoms with Gasteiger partial charge in [0.15, 0.2) is 11.5 Å². The third kappa shape index (κ3) is 6.47. The summed E-state index contributed by atoms with van der Waals surface area (Å²) in [5.74, 6) is 3.30. The molecular formula is C35H41NO5. The smallest absolute Gasteiger partial charge is 0.220 e. The molecule has 0 radical (unpaired) electrons. The summed E-state index contributed by atoms with van der Waals surface area (Å²) in [4.78, 5) is 13.2. The number of aryl methyl sites for hydroxylation is 1. The van der Waals surface area contributed by atoms with Gasteiger partial charge in [0, 0.05) is 24.5 Å². The minimum absolute atomic E-state index is 0.0622. The van der Waals surface area contributed by atoms with E-state index in [0.717, 1.165) is 91.1 Å². The largest absolute Gasteiger partial charge is 0.493 e. The standard InChI is InChI=1S/C35H41NO5/c1-38-31-16-7-12-26(34(31)40-27-14-5-6-15-27)13-8-17-33(37)36-30-23-35(20-9-21-35)41-32-22-28(18-19-29(30)32)39-24-25-10-3-2-4-11-25/h2-4,7,10-12,16,18-19,22,27,30H,5-6,8-9,13-15,17,20-21,23-24H2,1H3,(H,36,37). The fourth-order valence-electron chi connectivity index (χ4n) is 6.42. The van der Waals surface area contributed by atoms with Crippen molar-refractivity contribution in [1.29, 1.82) is 0 Å². The van der Waals surface area contributed by atoms with E-state index in [1.54, 1.807) is 7.11 Å². The van der Waals surface area contributed by atoms with Crippen LogP contribution in [0, 0.1) is 0 Å². The highest BCUT2D eigenvalue weighted by Gasteiger charge is 2.46. The molecule has 0 saturated heterocycles. The molecule has 0 aromatic heterocycles. The van der Waals surface area contributed by atoms with E-state index < -0.39 is 0 Å². The highest BCUT2D eigenvalue weighted by Crippen LogP contribution is 2.49. The van der Waals surface area contributed by atoms with Crippen molar-refractivity contribution in [2.45, 2.75) is 95.0 Å². The van der Waals surface area contributed by atoms with Crippen LogP contribution in [0.4, 0.5) is 0 Å². The van der Waals surface area contributed by atoms with Crippen LogP contribution in [-0.2, 0) is 17.8 Å². The monoisotopic (exact) mass is 555 g/mol. The maximum absolute atomic E-state index is 13.2. The molecule has 1 heterocycles. The summed E-state index contributed by atoms with van der Waals surface area (Å²) in [6.45, 7) is 0.506. The van der Waals surface area contributed by atoms with Gasteiger partial charge in [-0.05, 0) is 87.1 Å². The third-order valence-corrected chi connectivity index (χ3v) is 8.83. The zero-order valence-corrected chi connectivity index (χ0v) is 24.0. The summed E-state index contributed by atoms with van der Waals surface area (Å²) in [5, 5.41) is 3.34. The summed E-state index contributed by atoms with van der Waals surface area (Å²) in [6.07, 6.45) is 10.8. The number of benzene rings is 3. The second kappa shape index (κ2) is 12.5. The summed E-state index contributed by atoms with van der Waals surface area (Å²) < 4.78 is 24.6. The van der Waals surface area contributed by atoms with Gasteiger partial charge in [0.2, 0.25) is 5.91 Å². The number of para-hydroxylation sites is 1. The van der Waals surface area contributed by atoms with Gasteiger partial charge in [0.05, 0.1) is 19.3 Å². The van der Waals surface area contributed by atoms with Crippen molar-refractivity contribution in [3.63, 3.8) is 0 Å². The van der Waals surface area contributed by atoms with Crippen LogP contribution in [-0.4, -0.2) is 24.7 Å². The van der Waals surface area contributed by atoms with Gasteiger partial charge in [-0.3, -0.25) is 4.79 Å². The first-order valence-electron chi connectivity index (χ1n) is 15.2. The minimum Gasteiger partial charge on any atom is -0.493 e. The Bertz CT molecular complexity index is 1330. The number of carbonyl (C=O) groups is 1. The molecule has 1 unspecified atom stereocenters. The number of methoxy groups -OCH3 is 1. The van der Waals surface area contributed by atoms with Gasteiger partial charge >= 0.3 is 0 Å².